The molecule has 0 saturated carbocycles. The number of amides is 2. The van der Waals surface area contributed by atoms with Crippen molar-refractivity contribution < 1.29 is 9.59 Å². The maximum absolute atomic E-state index is 13.7. The van der Waals surface area contributed by atoms with Crippen LogP contribution in [-0.2, 0) is 28.3 Å². The van der Waals surface area contributed by atoms with Gasteiger partial charge in [0.2, 0.25) is 11.8 Å². The normalized spacial score (nSPS) is 11.8. The van der Waals surface area contributed by atoms with E-state index in [1.54, 1.807) is 16.7 Å². The van der Waals surface area contributed by atoms with Gasteiger partial charge in [-0.05, 0) is 56.5 Å². The third-order valence-corrected chi connectivity index (χ3v) is 6.94. The lowest BCUT2D eigenvalue weighted by Crippen LogP contribution is -2.52. The van der Waals surface area contributed by atoms with E-state index in [0.717, 1.165) is 16.9 Å². The van der Waals surface area contributed by atoms with Crippen LogP contribution in [0.1, 0.15) is 41.7 Å². The molecular weight excluding hydrogens is 488 g/mol. The molecule has 0 aliphatic heterocycles. The van der Waals surface area contributed by atoms with E-state index in [9.17, 15) is 9.59 Å². The van der Waals surface area contributed by atoms with E-state index in [0.29, 0.717) is 18.0 Å². The molecule has 0 saturated heterocycles. The van der Waals surface area contributed by atoms with Crippen LogP contribution in [0.3, 0.4) is 0 Å². The topological polar surface area (TPSA) is 49.4 Å². The molecule has 6 heteroatoms. The van der Waals surface area contributed by atoms with Crippen LogP contribution in [0.4, 0.5) is 0 Å². The van der Waals surface area contributed by atoms with Gasteiger partial charge in [0.05, 0.1) is 5.75 Å². The number of aryl methyl sites for hydroxylation is 2. The third kappa shape index (κ3) is 8.72. The number of hydrogen-bond donors (Lipinski definition) is 1. The lowest BCUT2D eigenvalue weighted by atomic mass is 10.0. The van der Waals surface area contributed by atoms with Gasteiger partial charge in [-0.2, -0.15) is 0 Å². The van der Waals surface area contributed by atoms with E-state index >= 15 is 0 Å². The summed E-state index contributed by atoms with van der Waals surface area (Å²) < 4.78 is 0. The predicted octanol–water partition coefficient (Wildman–Crippen LogP) is 6.35. The summed E-state index contributed by atoms with van der Waals surface area (Å²) in [5.74, 6) is 0.807. The molecule has 0 radical (unpaired) electrons. The van der Waals surface area contributed by atoms with Crippen molar-refractivity contribution in [2.24, 2.45) is 0 Å². The van der Waals surface area contributed by atoms with Gasteiger partial charge < -0.3 is 10.2 Å². The summed E-state index contributed by atoms with van der Waals surface area (Å²) in [7, 11) is 0. The van der Waals surface area contributed by atoms with Crippen LogP contribution in [0.15, 0.2) is 72.8 Å². The van der Waals surface area contributed by atoms with Crippen LogP contribution in [0.2, 0.25) is 5.02 Å². The average molecular weight is 523 g/mol. The van der Waals surface area contributed by atoms with Crippen molar-refractivity contribution >= 4 is 35.2 Å². The molecule has 2 amide bonds. The number of carbonyl (C=O) groups is 2. The number of nitrogens with one attached hydrogen (secondary N) is 1. The van der Waals surface area contributed by atoms with E-state index in [1.165, 1.54) is 16.7 Å². The highest BCUT2D eigenvalue weighted by molar-refractivity contribution is 7.99. The van der Waals surface area contributed by atoms with Crippen molar-refractivity contribution in [3.05, 3.63) is 106 Å². The molecule has 1 N–H and O–H groups in total. The van der Waals surface area contributed by atoms with Crippen molar-refractivity contribution in [1.82, 2.24) is 10.2 Å². The highest BCUT2D eigenvalue weighted by Gasteiger charge is 2.30. The number of thioether (sulfide) groups is 1. The Hall–Kier alpha value is -2.76. The van der Waals surface area contributed by atoms with E-state index in [4.69, 9.17) is 11.6 Å². The van der Waals surface area contributed by atoms with Crippen LogP contribution < -0.4 is 5.32 Å². The molecule has 3 aromatic carbocycles. The largest absolute Gasteiger partial charge is 0.352 e. The van der Waals surface area contributed by atoms with Gasteiger partial charge in [0.1, 0.15) is 6.04 Å². The first kappa shape index (κ1) is 27.8. The monoisotopic (exact) mass is 522 g/mol. The number of nitrogens with zero attached hydrogens (tertiary/aromatic N) is 1. The molecule has 1 atom stereocenters. The molecule has 0 aliphatic carbocycles. The summed E-state index contributed by atoms with van der Waals surface area (Å²) in [6.45, 7) is 8.34. The minimum Gasteiger partial charge on any atom is -0.352 e. The van der Waals surface area contributed by atoms with Crippen molar-refractivity contribution in [3.63, 3.8) is 0 Å². The van der Waals surface area contributed by atoms with Crippen LogP contribution in [0.25, 0.3) is 0 Å². The summed E-state index contributed by atoms with van der Waals surface area (Å²) in [6.07, 6.45) is 0.438. The minimum absolute atomic E-state index is 0.0298. The zero-order valence-electron chi connectivity index (χ0n) is 21.5. The minimum atomic E-state index is -0.636. The lowest BCUT2D eigenvalue weighted by Gasteiger charge is -2.32. The summed E-state index contributed by atoms with van der Waals surface area (Å²) >= 11 is 7.81. The predicted molar refractivity (Wildman–Crippen MR) is 151 cm³/mol. The molecule has 0 unspecified atom stereocenters. The summed E-state index contributed by atoms with van der Waals surface area (Å²) in [5.41, 5.74) is 5.53. The van der Waals surface area contributed by atoms with Gasteiger partial charge in [0.15, 0.2) is 0 Å². The molecule has 4 nitrogen and oxygen atoms in total. The second-order valence-electron chi connectivity index (χ2n) is 9.51. The van der Waals surface area contributed by atoms with E-state index < -0.39 is 6.04 Å². The number of carbonyl (C=O) groups excluding carboxylic acids is 2. The maximum Gasteiger partial charge on any atom is 0.243 e. The van der Waals surface area contributed by atoms with Gasteiger partial charge in [-0.3, -0.25) is 9.59 Å². The van der Waals surface area contributed by atoms with Crippen molar-refractivity contribution in [1.29, 1.82) is 0 Å². The SMILES string of the molecule is Cc1cc(C)cc(CSCC(=O)N(Cc2cccc(Cl)c2)[C@@H](Cc2ccccc2)C(=O)NC(C)C)c1. The number of rotatable bonds is 11. The first-order chi connectivity index (χ1) is 17.2. The molecule has 0 aliphatic rings. The second-order valence-corrected chi connectivity index (χ2v) is 10.9. The molecule has 3 aromatic rings. The average Bonchev–Trinajstić information content (AvgIpc) is 2.81. The first-order valence-corrected chi connectivity index (χ1v) is 13.8. The Morgan fingerprint density at radius 1 is 0.889 bits per heavy atom. The number of benzene rings is 3. The van der Waals surface area contributed by atoms with Gasteiger partial charge in [0.25, 0.3) is 0 Å². The zero-order valence-corrected chi connectivity index (χ0v) is 23.0. The Kier molecular flexibility index (Phi) is 10.4. The highest BCUT2D eigenvalue weighted by atomic mass is 35.5. The fraction of sp³-hybridized carbons (Fsp3) is 0.333. The summed E-state index contributed by atoms with van der Waals surface area (Å²) in [4.78, 5) is 28.8. The fourth-order valence-electron chi connectivity index (χ4n) is 4.26. The molecule has 0 fully saturated rings. The molecule has 0 heterocycles. The Morgan fingerprint density at radius 3 is 2.19 bits per heavy atom. The maximum atomic E-state index is 13.7. The summed E-state index contributed by atoms with van der Waals surface area (Å²) in [5, 5.41) is 3.63. The van der Waals surface area contributed by atoms with Crippen molar-refractivity contribution in [2.45, 2.75) is 58.5 Å². The Labute approximate surface area is 224 Å². The molecular formula is C30H35ClN2O2S. The number of hydrogen-bond acceptors (Lipinski definition) is 3. The Morgan fingerprint density at radius 2 is 1.56 bits per heavy atom. The van der Waals surface area contributed by atoms with Gasteiger partial charge >= 0.3 is 0 Å². The molecule has 0 spiro atoms. The van der Waals surface area contributed by atoms with E-state index in [2.05, 4.69) is 37.4 Å². The number of halogens is 1. The smallest absolute Gasteiger partial charge is 0.243 e. The molecule has 0 aromatic heterocycles. The molecule has 3 rings (SSSR count). The standard InChI is InChI=1S/C30H35ClN2O2S/c1-21(2)32-30(35)28(17-24-9-6-5-7-10-24)33(18-25-11-8-12-27(31)16-25)29(34)20-36-19-26-14-22(3)13-23(4)15-26/h5-16,21,28H,17-20H2,1-4H3,(H,32,35)/t28-/m0/s1. The molecule has 0 bridgehead atoms. The summed E-state index contributed by atoms with van der Waals surface area (Å²) in [6, 6.07) is 23.1. The van der Waals surface area contributed by atoms with Crippen molar-refractivity contribution in [2.75, 3.05) is 5.75 Å². The molecule has 190 valence electrons. The van der Waals surface area contributed by atoms with Gasteiger partial charge in [-0.25, -0.2) is 0 Å². The quantitative estimate of drug-likeness (QED) is 0.319. The van der Waals surface area contributed by atoms with Crippen LogP contribution >= 0.6 is 23.4 Å². The van der Waals surface area contributed by atoms with Crippen molar-refractivity contribution in [3.8, 4) is 0 Å². The first-order valence-electron chi connectivity index (χ1n) is 12.2. The Bertz CT molecular complexity index is 1150. The highest BCUT2D eigenvalue weighted by Crippen LogP contribution is 2.21. The fourth-order valence-corrected chi connectivity index (χ4v) is 5.32. The third-order valence-electron chi connectivity index (χ3n) is 5.72. The van der Waals surface area contributed by atoms with Crippen LogP contribution in [0.5, 0.6) is 0 Å². The van der Waals surface area contributed by atoms with Gasteiger partial charge in [-0.15, -0.1) is 11.8 Å². The van der Waals surface area contributed by atoms with Crippen LogP contribution in [0, 0.1) is 13.8 Å². The molecule has 36 heavy (non-hydrogen) atoms. The van der Waals surface area contributed by atoms with E-state index in [1.807, 2.05) is 68.4 Å². The Balaban J connectivity index is 1.85. The zero-order chi connectivity index (χ0) is 26.1. The van der Waals surface area contributed by atoms with Crippen LogP contribution in [-0.4, -0.2) is 34.6 Å². The van der Waals surface area contributed by atoms with Gasteiger partial charge in [0, 0.05) is 29.8 Å². The lowest BCUT2D eigenvalue weighted by molar-refractivity contribution is -0.139. The van der Waals surface area contributed by atoms with Gasteiger partial charge in [-0.1, -0.05) is 83.4 Å². The second kappa shape index (κ2) is 13.5. The van der Waals surface area contributed by atoms with E-state index in [-0.39, 0.29) is 23.6 Å².